The SMILES string of the molecule is Cc1cc(Nc2ccc(C#N)c(C#N)c2)c(Br)cc1N. The van der Waals surface area contributed by atoms with E-state index >= 15 is 0 Å². The molecule has 0 aromatic heterocycles. The summed E-state index contributed by atoms with van der Waals surface area (Å²) < 4.78 is 0.837. The van der Waals surface area contributed by atoms with Crippen molar-refractivity contribution in [1.29, 1.82) is 10.5 Å². The van der Waals surface area contributed by atoms with Gasteiger partial charge in [0, 0.05) is 15.8 Å². The third-order valence-electron chi connectivity index (χ3n) is 2.90. The molecule has 3 N–H and O–H groups in total. The number of hydrogen-bond acceptors (Lipinski definition) is 4. The molecule has 5 heteroatoms. The molecule has 0 bridgehead atoms. The second-order valence-electron chi connectivity index (χ2n) is 4.30. The van der Waals surface area contributed by atoms with Crippen molar-refractivity contribution in [3.05, 3.63) is 51.5 Å². The Morgan fingerprint density at radius 1 is 1.10 bits per heavy atom. The first-order valence-electron chi connectivity index (χ1n) is 5.82. The van der Waals surface area contributed by atoms with Gasteiger partial charge in [-0.15, -0.1) is 0 Å². The fourth-order valence-electron chi connectivity index (χ4n) is 1.76. The van der Waals surface area contributed by atoms with Crippen LogP contribution in [0.25, 0.3) is 0 Å². The Morgan fingerprint density at radius 2 is 1.80 bits per heavy atom. The number of rotatable bonds is 2. The first kappa shape index (κ1) is 13.9. The van der Waals surface area contributed by atoms with E-state index in [-0.39, 0.29) is 0 Å². The summed E-state index contributed by atoms with van der Waals surface area (Å²) >= 11 is 3.44. The molecular formula is C15H11BrN4. The smallest absolute Gasteiger partial charge is 0.101 e. The van der Waals surface area contributed by atoms with Crippen LogP contribution < -0.4 is 11.1 Å². The lowest BCUT2D eigenvalue weighted by atomic mass is 10.1. The first-order chi connectivity index (χ1) is 9.55. The summed E-state index contributed by atoms with van der Waals surface area (Å²) in [6, 6.07) is 12.8. The number of aryl methyl sites for hydroxylation is 1. The first-order valence-corrected chi connectivity index (χ1v) is 6.61. The summed E-state index contributed by atoms with van der Waals surface area (Å²) in [5, 5.41) is 21.1. The van der Waals surface area contributed by atoms with Gasteiger partial charge in [0.05, 0.1) is 16.8 Å². The molecule has 0 unspecified atom stereocenters. The average molecular weight is 327 g/mol. The molecule has 0 fully saturated rings. The highest BCUT2D eigenvalue weighted by atomic mass is 79.9. The maximum absolute atomic E-state index is 9.02. The third-order valence-corrected chi connectivity index (χ3v) is 3.55. The standard InChI is InChI=1S/C15H11BrN4/c1-9-4-15(13(16)6-14(9)19)20-12-3-2-10(7-17)11(5-12)8-18/h2-6,20H,19H2,1H3. The van der Waals surface area contributed by atoms with Crippen molar-refractivity contribution >= 4 is 33.0 Å². The average Bonchev–Trinajstić information content (AvgIpc) is 2.44. The summed E-state index contributed by atoms with van der Waals surface area (Å²) in [6.07, 6.45) is 0. The van der Waals surface area contributed by atoms with Gasteiger partial charge in [0.15, 0.2) is 0 Å². The van der Waals surface area contributed by atoms with Crippen LogP contribution in [-0.4, -0.2) is 0 Å². The van der Waals surface area contributed by atoms with Gasteiger partial charge in [0.2, 0.25) is 0 Å². The van der Waals surface area contributed by atoms with E-state index < -0.39 is 0 Å². The summed E-state index contributed by atoms with van der Waals surface area (Å²) in [6.45, 7) is 1.92. The van der Waals surface area contributed by atoms with E-state index in [0.717, 1.165) is 21.4 Å². The highest BCUT2D eigenvalue weighted by Gasteiger charge is 2.06. The van der Waals surface area contributed by atoms with E-state index in [1.54, 1.807) is 18.2 Å². The molecular weight excluding hydrogens is 316 g/mol. The minimum Gasteiger partial charge on any atom is -0.398 e. The lowest BCUT2D eigenvalue weighted by molar-refractivity contribution is 1.41. The van der Waals surface area contributed by atoms with Gasteiger partial charge >= 0.3 is 0 Å². The van der Waals surface area contributed by atoms with Crippen LogP contribution in [0.3, 0.4) is 0 Å². The van der Waals surface area contributed by atoms with Crippen molar-refractivity contribution in [3.8, 4) is 12.1 Å². The van der Waals surface area contributed by atoms with Crippen LogP contribution in [0.5, 0.6) is 0 Å². The van der Waals surface area contributed by atoms with Gasteiger partial charge in [0.25, 0.3) is 0 Å². The van der Waals surface area contributed by atoms with Crippen LogP contribution in [0.4, 0.5) is 17.1 Å². The Morgan fingerprint density at radius 3 is 2.45 bits per heavy atom. The van der Waals surface area contributed by atoms with E-state index in [9.17, 15) is 0 Å². The summed E-state index contributed by atoms with van der Waals surface area (Å²) in [5.41, 5.74) is 9.81. The number of nitrogens with one attached hydrogen (secondary N) is 1. The van der Waals surface area contributed by atoms with Crippen molar-refractivity contribution in [1.82, 2.24) is 0 Å². The largest absolute Gasteiger partial charge is 0.398 e. The molecule has 0 radical (unpaired) electrons. The van der Waals surface area contributed by atoms with Crippen LogP contribution in [-0.2, 0) is 0 Å². The fourth-order valence-corrected chi connectivity index (χ4v) is 2.22. The van der Waals surface area contributed by atoms with Gasteiger partial charge in [-0.1, -0.05) is 0 Å². The van der Waals surface area contributed by atoms with Gasteiger partial charge in [-0.2, -0.15) is 10.5 Å². The second-order valence-corrected chi connectivity index (χ2v) is 5.15. The molecule has 0 atom stereocenters. The monoisotopic (exact) mass is 326 g/mol. The number of nitrogen functional groups attached to an aromatic ring is 1. The van der Waals surface area contributed by atoms with Crippen LogP contribution in [0.15, 0.2) is 34.8 Å². The van der Waals surface area contributed by atoms with Crippen LogP contribution in [0.1, 0.15) is 16.7 Å². The Labute approximate surface area is 125 Å². The minimum atomic E-state index is 0.348. The van der Waals surface area contributed by atoms with Crippen molar-refractivity contribution in [3.63, 3.8) is 0 Å². The molecule has 0 saturated carbocycles. The van der Waals surface area contributed by atoms with Crippen molar-refractivity contribution in [2.45, 2.75) is 6.92 Å². The molecule has 0 saturated heterocycles. The molecule has 0 spiro atoms. The van der Waals surface area contributed by atoms with Crippen molar-refractivity contribution in [2.75, 3.05) is 11.1 Å². The van der Waals surface area contributed by atoms with E-state index in [1.807, 2.05) is 31.2 Å². The summed E-state index contributed by atoms with van der Waals surface area (Å²) in [4.78, 5) is 0. The summed E-state index contributed by atoms with van der Waals surface area (Å²) in [5.74, 6) is 0. The lowest BCUT2D eigenvalue weighted by Gasteiger charge is -2.11. The maximum atomic E-state index is 9.02. The molecule has 0 amide bonds. The molecule has 0 aliphatic heterocycles. The van der Waals surface area contributed by atoms with Crippen molar-refractivity contribution < 1.29 is 0 Å². The number of halogens is 1. The maximum Gasteiger partial charge on any atom is 0.101 e. The molecule has 4 nitrogen and oxygen atoms in total. The highest BCUT2D eigenvalue weighted by molar-refractivity contribution is 9.10. The number of anilines is 3. The van der Waals surface area contributed by atoms with Gasteiger partial charge in [-0.25, -0.2) is 0 Å². The van der Waals surface area contributed by atoms with Crippen LogP contribution in [0, 0.1) is 29.6 Å². The van der Waals surface area contributed by atoms with Gasteiger partial charge < -0.3 is 11.1 Å². The molecule has 20 heavy (non-hydrogen) atoms. The van der Waals surface area contributed by atoms with E-state index in [0.29, 0.717) is 16.8 Å². The number of nitrogens with zero attached hydrogens (tertiary/aromatic N) is 2. The quantitative estimate of drug-likeness (QED) is 0.821. The lowest BCUT2D eigenvalue weighted by Crippen LogP contribution is -1.96. The topological polar surface area (TPSA) is 85.6 Å². The molecule has 2 aromatic rings. The van der Waals surface area contributed by atoms with E-state index in [4.69, 9.17) is 16.3 Å². The number of benzene rings is 2. The van der Waals surface area contributed by atoms with Gasteiger partial charge in [-0.05, 0) is 58.7 Å². The number of nitrogens with two attached hydrogens (primary N) is 1. The fraction of sp³-hybridized carbons (Fsp3) is 0.0667. The number of nitriles is 2. The number of hydrogen-bond donors (Lipinski definition) is 2. The van der Waals surface area contributed by atoms with E-state index in [2.05, 4.69) is 21.2 Å². The van der Waals surface area contributed by atoms with E-state index in [1.165, 1.54) is 0 Å². The Bertz CT molecular complexity index is 754. The Balaban J connectivity index is 2.39. The zero-order chi connectivity index (χ0) is 14.7. The molecule has 98 valence electrons. The van der Waals surface area contributed by atoms with Gasteiger partial charge in [0.1, 0.15) is 12.1 Å². The predicted octanol–water partition coefficient (Wildman–Crippen LogP) is 3.83. The normalized spacial score (nSPS) is 9.60. The molecule has 0 aliphatic rings. The Hall–Kier alpha value is -2.50. The zero-order valence-electron chi connectivity index (χ0n) is 10.7. The molecule has 2 aromatic carbocycles. The van der Waals surface area contributed by atoms with Gasteiger partial charge in [-0.3, -0.25) is 0 Å². The minimum absolute atomic E-state index is 0.348. The van der Waals surface area contributed by atoms with Crippen molar-refractivity contribution in [2.24, 2.45) is 0 Å². The molecule has 0 aliphatic carbocycles. The summed E-state index contributed by atoms with van der Waals surface area (Å²) in [7, 11) is 0. The molecule has 0 heterocycles. The Kier molecular flexibility index (Phi) is 3.93. The van der Waals surface area contributed by atoms with Crippen LogP contribution in [0.2, 0.25) is 0 Å². The molecule has 2 rings (SSSR count). The van der Waals surface area contributed by atoms with Crippen LogP contribution >= 0.6 is 15.9 Å². The highest BCUT2D eigenvalue weighted by Crippen LogP contribution is 2.30. The zero-order valence-corrected chi connectivity index (χ0v) is 12.3. The predicted molar refractivity (Wildman–Crippen MR) is 82.4 cm³/mol. The second kappa shape index (κ2) is 5.64. The third kappa shape index (κ3) is 2.74.